The highest BCUT2D eigenvalue weighted by Crippen LogP contribution is 2.32. The number of amides is 2. The lowest BCUT2D eigenvalue weighted by molar-refractivity contribution is -0.125. The number of nitrogens with zero attached hydrogens (tertiary/aromatic N) is 4. The van der Waals surface area contributed by atoms with Crippen LogP contribution in [-0.4, -0.2) is 62.4 Å². The number of nitrogens with one attached hydrogen (secondary N) is 1. The van der Waals surface area contributed by atoms with Gasteiger partial charge < -0.3 is 19.7 Å². The van der Waals surface area contributed by atoms with Crippen LogP contribution in [0.2, 0.25) is 0 Å². The van der Waals surface area contributed by atoms with Gasteiger partial charge in [-0.2, -0.15) is 0 Å². The van der Waals surface area contributed by atoms with Crippen molar-refractivity contribution in [2.24, 2.45) is 5.92 Å². The standard InChI is InChI=1S/C22H29N5O4S/c1-30-17-8-7-15(18(13-17)31-2)9-10-23-20(29)16-5-3-11-26(14-16)21-24-25-22(32-21)27-12-4-6-19(27)28/h7-8,13,16H,3-6,9-12,14H2,1-2H3,(H,23,29)/t16-/m1/s1. The van der Waals surface area contributed by atoms with Gasteiger partial charge in [-0.05, 0) is 37.3 Å². The molecule has 0 aliphatic carbocycles. The van der Waals surface area contributed by atoms with E-state index in [2.05, 4.69) is 20.4 Å². The van der Waals surface area contributed by atoms with Gasteiger partial charge in [0, 0.05) is 38.7 Å². The molecule has 2 saturated heterocycles. The zero-order chi connectivity index (χ0) is 22.5. The van der Waals surface area contributed by atoms with E-state index in [0.29, 0.717) is 37.6 Å². The number of hydrogen-bond donors (Lipinski definition) is 1. The molecular weight excluding hydrogens is 430 g/mol. The number of benzene rings is 1. The Morgan fingerprint density at radius 3 is 2.78 bits per heavy atom. The third-order valence-corrected chi connectivity index (χ3v) is 6.97. The maximum absolute atomic E-state index is 12.8. The van der Waals surface area contributed by atoms with Crippen molar-refractivity contribution in [1.82, 2.24) is 15.5 Å². The van der Waals surface area contributed by atoms with Crippen molar-refractivity contribution in [3.63, 3.8) is 0 Å². The lowest BCUT2D eigenvalue weighted by Crippen LogP contribution is -2.43. The lowest BCUT2D eigenvalue weighted by atomic mass is 9.97. The van der Waals surface area contributed by atoms with Gasteiger partial charge >= 0.3 is 0 Å². The molecule has 4 rings (SSSR count). The topological polar surface area (TPSA) is 96.9 Å². The summed E-state index contributed by atoms with van der Waals surface area (Å²) in [4.78, 5) is 28.6. The highest BCUT2D eigenvalue weighted by atomic mass is 32.1. The number of anilines is 2. The average molecular weight is 460 g/mol. The first-order valence-electron chi connectivity index (χ1n) is 11.0. The quantitative estimate of drug-likeness (QED) is 0.647. The molecule has 1 atom stereocenters. The molecule has 0 unspecified atom stereocenters. The molecule has 10 heteroatoms. The minimum atomic E-state index is -0.0951. The zero-order valence-corrected chi connectivity index (χ0v) is 19.3. The molecule has 2 aliphatic rings. The fourth-order valence-electron chi connectivity index (χ4n) is 4.18. The Balaban J connectivity index is 1.30. The number of hydrogen-bond acceptors (Lipinski definition) is 8. The Hall–Kier alpha value is -2.88. The number of aromatic nitrogens is 2. The van der Waals surface area contributed by atoms with Gasteiger partial charge in [0.2, 0.25) is 22.1 Å². The third-order valence-electron chi connectivity index (χ3n) is 5.96. The van der Waals surface area contributed by atoms with Gasteiger partial charge in [-0.1, -0.05) is 17.4 Å². The van der Waals surface area contributed by atoms with E-state index >= 15 is 0 Å². The molecule has 0 spiro atoms. The highest BCUT2D eigenvalue weighted by molar-refractivity contribution is 7.19. The molecule has 9 nitrogen and oxygen atoms in total. The largest absolute Gasteiger partial charge is 0.497 e. The minimum Gasteiger partial charge on any atom is -0.497 e. The zero-order valence-electron chi connectivity index (χ0n) is 18.5. The molecule has 1 aromatic heterocycles. The predicted octanol–water partition coefficient (Wildman–Crippen LogP) is 2.26. The van der Waals surface area contributed by atoms with Crippen LogP contribution in [0.25, 0.3) is 0 Å². The number of piperidine rings is 1. The van der Waals surface area contributed by atoms with Crippen LogP contribution in [-0.2, 0) is 16.0 Å². The van der Waals surface area contributed by atoms with Crippen molar-refractivity contribution in [2.75, 3.05) is 50.2 Å². The minimum absolute atomic E-state index is 0.0571. The summed E-state index contributed by atoms with van der Waals surface area (Å²) in [6.07, 6.45) is 3.89. The third kappa shape index (κ3) is 4.95. The van der Waals surface area contributed by atoms with Crippen LogP contribution < -0.4 is 24.6 Å². The van der Waals surface area contributed by atoms with E-state index in [9.17, 15) is 9.59 Å². The molecule has 1 aromatic carbocycles. The molecule has 0 radical (unpaired) electrons. The Morgan fingerprint density at radius 1 is 1.19 bits per heavy atom. The van der Waals surface area contributed by atoms with E-state index in [1.165, 1.54) is 11.3 Å². The summed E-state index contributed by atoms with van der Waals surface area (Å²) in [5.74, 6) is 1.57. The van der Waals surface area contributed by atoms with Crippen molar-refractivity contribution in [1.29, 1.82) is 0 Å². The normalized spacial score (nSPS) is 18.7. The maximum Gasteiger partial charge on any atom is 0.228 e. The lowest BCUT2D eigenvalue weighted by Gasteiger charge is -2.31. The summed E-state index contributed by atoms with van der Waals surface area (Å²) >= 11 is 1.43. The second kappa shape index (κ2) is 10.2. The van der Waals surface area contributed by atoms with E-state index in [0.717, 1.165) is 48.0 Å². The number of carbonyl (C=O) groups is 2. The number of carbonyl (C=O) groups excluding carboxylic acids is 2. The first-order valence-corrected chi connectivity index (χ1v) is 11.8. The summed E-state index contributed by atoms with van der Waals surface area (Å²) in [7, 11) is 3.25. The number of rotatable bonds is 8. The number of methoxy groups -OCH3 is 2. The van der Waals surface area contributed by atoms with Crippen molar-refractivity contribution in [3.8, 4) is 11.5 Å². The van der Waals surface area contributed by atoms with Gasteiger partial charge in [0.15, 0.2) is 0 Å². The molecule has 0 saturated carbocycles. The van der Waals surface area contributed by atoms with Gasteiger partial charge in [-0.25, -0.2) is 0 Å². The summed E-state index contributed by atoms with van der Waals surface area (Å²) in [5, 5.41) is 13.0. The van der Waals surface area contributed by atoms with Gasteiger partial charge in [0.1, 0.15) is 11.5 Å². The van der Waals surface area contributed by atoms with Gasteiger partial charge in [0.25, 0.3) is 0 Å². The SMILES string of the molecule is COc1ccc(CCNC(=O)[C@@H]2CCCN(c3nnc(N4CCCC4=O)s3)C2)c(OC)c1. The Bertz CT molecular complexity index is 966. The predicted molar refractivity (Wildman–Crippen MR) is 123 cm³/mol. The fourth-order valence-corrected chi connectivity index (χ4v) is 5.11. The van der Waals surface area contributed by atoms with Crippen molar-refractivity contribution < 1.29 is 19.1 Å². The molecule has 2 fully saturated rings. The Morgan fingerprint density at radius 2 is 2.03 bits per heavy atom. The molecule has 3 heterocycles. The van der Waals surface area contributed by atoms with Crippen LogP contribution in [0.15, 0.2) is 18.2 Å². The summed E-state index contributed by atoms with van der Waals surface area (Å²) < 4.78 is 10.7. The van der Waals surface area contributed by atoms with Crippen LogP contribution in [0.5, 0.6) is 11.5 Å². The van der Waals surface area contributed by atoms with Crippen molar-refractivity contribution in [2.45, 2.75) is 32.1 Å². The van der Waals surface area contributed by atoms with E-state index in [1.807, 2.05) is 18.2 Å². The van der Waals surface area contributed by atoms with Gasteiger partial charge in [-0.15, -0.1) is 10.2 Å². The average Bonchev–Trinajstić information content (AvgIpc) is 3.48. The molecule has 172 valence electrons. The Labute approximate surface area is 191 Å². The molecule has 0 bridgehead atoms. The van der Waals surface area contributed by atoms with Gasteiger partial charge in [-0.3, -0.25) is 14.5 Å². The molecule has 1 N–H and O–H groups in total. The molecule has 32 heavy (non-hydrogen) atoms. The second-order valence-electron chi connectivity index (χ2n) is 8.02. The van der Waals surface area contributed by atoms with E-state index in [4.69, 9.17) is 9.47 Å². The van der Waals surface area contributed by atoms with E-state index in [-0.39, 0.29) is 17.7 Å². The summed E-state index contributed by atoms with van der Waals surface area (Å²) in [6, 6.07) is 5.71. The number of ether oxygens (including phenoxy) is 2. The van der Waals surface area contributed by atoms with Crippen LogP contribution >= 0.6 is 11.3 Å². The molecular formula is C22H29N5O4S. The molecule has 2 aromatic rings. The first-order chi connectivity index (χ1) is 15.6. The van der Waals surface area contributed by atoms with Crippen LogP contribution in [0.4, 0.5) is 10.3 Å². The van der Waals surface area contributed by atoms with Crippen LogP contribution in [0.1, 0.15) is 31.2 Å². The monoisotopic (exact) mass is 459 g/mol. The van der Waals surface area contributed by atoms with Crippen LogP contribution in [0.3, 0.4) is 0 Å². The van der Waals surface area contributed by atoms with Crippen molar-refractivity contribution in [3.05, 3.63) is 23.8 Å². The van der Waals surface area contributed by atoms with Crippen LogP contribution in [0, 0.1) is 5.92 Å². The smallest absolute Gasteiger partial charge is 0.228 e. The summed E-state index contributed by atoms with van der Waals surface area (Å²) in [5.41, 5.74) is 1.02. The second-order valence-corrected chi connectivity index (χ2v) is 8.95. The maximum atomic E-state index is 12.8. The molecule has 2 amide bonds. The first kappa shape index (κ1) is 22.3. The summed E-state index contributed by atoms with van der Waals surface area (Å²) in [6.45, 7) is 2.70. The van der Waals surface area contributed by atoms with Crippen molar-refractivity contribution >= 4 is 33.4 Å². The van der Waals surface area contributed by atoms with E-state index < -0.39 is 0 Å². The van der Waals surface area contributed by atoms with E-state index in [1.54, 1.807) is 19.1 Å². The highest BCUT2D eigenvalue weighted by Gasteiger charge is 2.30. The molecule has 2 aliphatic heterocycles. The Kier molecular flexibility index (Phi) is 7.09. The fraction of sp³-hybridized carbons (Fsp3) is 0.545. The van der Waals surface area contributed by atoms with Gasteiger partial charge in [0.05, 0.1) is 20.1 Å².